The van der Waals surface area contributed by atoms with E-state index < -0.39 is 23.8 Å². The fourth-order valence-corrected chi connectivity index (χ4v) is 2.43. The molecule has 0 aliphatic carbocycles. The molecular weight excluding hydrogens is 383 g/mol. The van der Waals surface area contributed by atoms with Crippen LogP contribution in [0.25, 0.3) is 0 Å². The molecule has 2 amide bonds. The van der Waals surface area contributed by atoms with E-state index in [1.807, 2.05) is 13.8 Å². The first-order valence-corrected chi connectivity index (χ1v) is 8.69. The molecule has 0 heterocycles. The smallest absolute Gasteiger partial charge is 0.328 e. The van der Waals surface area contributed by atoms with E-state index in [0.717, 1.165) is 0 Å². The number of benzene rings is 1. The van der Waals surface area contributed by atoms with Gasteiger partial charge >= 0.3 is 5.97 Å². The van der Waals surface area contributed by atoms with Gasteiger partial charge in [-0.1, -0.05) is 43.1 Å². The molecule has 144 valence electrons. The van der Waals surface area contributed by atoms with Crippen molar-refractivity contribution in [1.82, 2.24) is 5.32 Å². The van der Waals surface area contributed by atoms with Gasteiger partial charge in [-0.05, 0) is 24.5 Å². The third-order valence-corrected chi connectivity index (χ3v) is 4.04. The zero-order valence-corrected chi connectivity index (χ0v) is 16.3. The molecule has 0 bridgehead atoms. The Kier molecular flexibility index (Phi) is 9.40. The summed E-state index contributed by atoms with van der Waals surface area (Å²) in [5.41, 5.74) is 0.347. The minimum atomic E-state index is -0.754. The number of methoxy groups -OCH3 is 1. The topological polar surface area (TPSA) is 93.7 Å². The molecular formula is C17H22Cl2N2O5. The van der Waals surface area contributed by atoms with Crippen molar-refractivity contribution in [3.63, 3.8) is 0 Å². The highest BCUT2D eigenvalue weighted by molar-refractivity contribution is 6.43. The van der Waals surface area contributed by atoms with Gasteiger partial charge in [0.25, 0.3) is 0 Å². The van der Waals surface area contributed by atoms with Crippen LogP contribution in [0.3, 0.4) is 0 Å². The fourth-order valence-electron chi connectivity index (χ4n) is 2.09. The van der Waals surface area contributed by atoms with Crippen LogP contribution in [0.1, 0.15) is 20.3 Å². The van der Waals surface area contributed by atoms with Gasteiger partial charge in [0, 0.05) is 0 Å². The Hall–Kier alpha value is -1.83. The van der Waals surface area contributed by atoms with Crippen LogP contribution < -0.4 is 10.6 Å². The summed E-state index contributed by atoms with van der Waals surface area (Å²) in [5.74, 6) is -1.35. The van der Waals surface area contributed by atoms with E-state index in [4.69, 9.17) is 27.9 Å². The molecule has 0 saturated carbocycles. The van der Waals surface area contributed by atoms with Crippen LogP contribution in [0.5, 0.6) is 0 Å². The summed E-state index contributed by atoms with van der Waals surface area (Å²) in [4.78, 5) is 35.4. The highest BCUT2D eigenvalue weighted by Crippen LogP contribution is 2.29. The van der Waals surface area contributed by atoms with Gasteiger partial charge in [0.15, 0.2) is 0 Å². The van der Waals surface area contributed by atoms with Crippen LogP contribution in [0.2, 0.25) is 10.0 Å². The normalized spacial score (nSPS) is 11.8. The first-order chi connectivity index (χ1) is 12.2. The highest BCUT2D eigenvalue weighted by atomic mass is 35.5. The van der Waals surface area contributed by atoms with Crippen molar-refractivity contribution in [2.24, 2.45) is 5.92 Å². The van der Waals surface area contributed by atoms with Crippen LogP contribution >= 0.6 is 23.2 Å². The Balaban J connectivity index is 2.43. The maximum Gasteiger partial charge on any atom is 0.328 e. The second-order valence-corrected chi connectivity index (χ2v) is 6.70. The lowest BCUT2D eigenvalue weighted by atomic mass is 10.0. The molecule has 0 saturated heterocycles. The molecule has 0 radical (unpaired) electrons. The minimum Gasteiger partial charge on any atom is -0.467 e. The first kappa shape index (κ1) is 22.2. The summed E-state index contributed by atoms with van der Waals surface area (Å²) in [6, 6.07) is 4.07. The minimum absolute atomic E-state index is 0.188. The standard InChI is InChI=1S/C17H22Cl2N2O5/c1-10(2)7-13(17(24)25-3)21-15(23)9-26-8-14(22)20-12-6-4-5-11(18)16(12)19/h4-6,10,13H,7-9H2,1-3H3,(H,20,22)(H,21,23). The Morgan fingerprint density at radius 1 is 1.12 bits per heavy atom. The molecule has 0 fully saturated rings. The molecule has 0 aliphatic rings. The van der Waals surface area contributed by atoms with Crippen LogP contribution in [-0.4, -0.2) is 44.1 Å². The molecule has 1 atom stereocenters. The van der Waals surface area contributed by atoms with Gasteiger partial charge in [-0.2, -0.15) is 0 Å². The number of amides is 2. The summed E-state index contributed by atoms with van der Waals surface area (Å²) in [7, 11) is 1.25. The molecule has 1 unspecified atom stereocenters. The number of hydrogen-bond donors (Lipinski definition) is 2. The maximum atomic E-state index is 11.9. The number of ether oxygens (including phenoxy) is 2. The van der Waals surface area contributed by atoms with E-state index in [2.05, 4.69) is 15.4 Å². The summed E-state index contributed by atoms with van der Waals surface area (Å²) >= 11 is 11.8. The van der Waals surface area contributed by atoms with Crippen LogP contribution in [0.4, 0.5) is 5.69 Å². The van der Waals surface area contributed by atoms with Gasteiger partial charge < -0.3 is 20.1 Å². The summed E-state index contributed by atoms with van der Waals surface area (Å²) in [5, 5.41) is 5.59. The molecule has 0 spiro atoms. The number of hydrogen-bond acceptors (Lipinski definition) is 5. The summed E-state index contributed by atoms with van der Waals surface area (Å²) < 4.78 is 9.73. The van der Waals surface area contributed by atoms with Crippen molar-refractivity contribution in [3.05, 3.63) is 28.2 Å². The van der Waals surface area contributed by atoms with E-state index in [1.165, 1.54) is 7.11 Å². The fraction of sp³-hybridized carbons (Fsp3) is 0.471. The number of anilines is 1. The van der Waals surface area contributed by atoms with Crippen LogP contribution in [0, 0.1) is 5.92 Å². The molecule has 1 aromatic rings. The van der Waals surface area contributed by atoms with Gasteiger partial charge in [0.2, 0.25) is 11.8 Å². The molecule has 9 heteroatoms. The molecule has 2 N–H and O–H groups in total. The molecule has 0 aromatic heterocycles. The third kappa shape index (κ3) is 7.59. The summed E-state index contributed by atoms with van der Waals surface area (Å²) in [6.07, 6.45) is 0.437. The van der Waals surface area contributed by atoms with Crippen molar-refractivity contribution in [2.75, 3.05) is 25.6 Å². The van der Waals surface area contributed by atoms with E-state index in [-0.39, 0.29) is 24.2 Å². The molecule has 1 rings (SSSR count). The molecule has 26 heavy (non-hydrogen) atoms. The summed E-state index contributed by atoms with van der Waals surface area (Å²) in [6.45, 7) is 3.11. The quantitative estimate of drug-likeness (QED) is 0.616. The van der Waals surface area contributed by atoms with Crippen molar-refractivity contribution >= 4 is 46.7 Å². The number of carbonyl (C=O) groups is 3. The van der Waals surface area contributed by atoms with Gasteiger partial charge in [-0.25, -0.2) is 4.79 Å². The highest BCUT2D eigenvalue weighted by Gasteiger charge is 2.22. The Labute approximate surface area is 162 Å². The van der Waals surface area contributed by atoms with Gasteiger partial charge in [0.1, 0.15) is 19.3 Å². The van der Waals surface area contributed by atoms with E-state index in [1.54, 1.807) is 18.2 Å². The second kappa shape index (κ2) is 11.0. The van der Waals surface area contributed by atoms with Crippen molar-refractivity contribution in [1.29, 1.82) is 0 Å². The van der Waals surface area contributed by atoms with Crippen LogP contribution in [-0.2, 0) is 23.9 Å². The first-order valence-electron chi connectivity index (χ1n) is 7.93. The predicted molar refractivity (Wildman–Crippen MR) is 99.3 cm³/mol. The number of rotatable bonds is 9. The monoisotopic (exact) mass is 404 g/mol. The zero-order chi connectivity index (χ0) is 19.7. The number of esters is 1. The van der Waals surface area contributed by atoms with Gasteiger partial charge in [0.05, 0.1) is 22.8 Å². The van der Waals surface area contributed by atoms with Crippen molar-refractivity contribution in [3.8, 4) is 0 Å². The zero-order valence-electron chi connectivity index (χ0n) is 14.8. The molecule has 7 nitrogen and oxygen atoms in total. The van der Waals surface area contributed by atoms with Gasteiger partial charge in [-0.15, -0.1) is 0 Å². The molecule has 1 aromatic carbocycles. The Bertz CT molecular complexity index is 652. The maximum absolute atomic E-state index is 11.9. The van der Waals surface area contributed by atoms with Crippen molar-refractivity contribution in [2.45, 2.75) is 26.3 Å². The Morgan fingerprint density at radius 3 is 2.38 bits per heavy atom. The number of carbonyl (C=O) groups excluding carboxylic acids is 3. The molecule has 0 aliphatic heterocycles. The van der Waals surface area contributed by atoms with Crippen molar-refractivity contribution < 1.29 is 23.9 Å². The average Bonchev–Trinajstić information content (AvgIpc) is 2.57. The second-order valence-electron chi connectivity index (χ2n) is 5.92. The number of nitrogens with one attached hydrogen (secondary N) is 2. The van der Waals surface area contributed by atoms with Crippen LogP contribution in [0.15, 0.2) is 18.2 Å². The van der Waals surface area contributed by atoms with E-state index >= 15 is 0 Å². The lowest BCUT2D eigenvalue weighted by Crippen LogP contribution is -2.44. The SMILES string of the molecule is COC(=O)C(CC(C)C)NC(=O)COCC(=O)Nc1cccc(Cl)c1Cl. The number of halogens is 2. The Morgan fingerprint density at radius 2 is 1.77 bits per heavy atom. The largest absolute Gasteiger partial charge is 0.467 e. The van der Waals surface area contributed by atoms with Gasteiger partial charge in [-0.3, -0.25) is 9.59 Å². The lowest BCUT2D eigenvalue weighted by Gasteiger charge is -2.18. The predicted octanol–water partition coefficient (Wildman–Crippen LogP) is 2.65. The van der Waals surface area contributed by atoms with E-state index in [0.29, 0.717) is 17.1 Å². The van der Waals surface area contributed by atoms with E-state index in [9.17, 15) is 14.4 Å². The lowest BCUT2D eigenvalue weighted by molar-refractivity contribution is -0.146. The average molecular weight is 405 g/mol. The third-order valence-electron chi connectivity index (χ3n) is 3.22.